The van der Waals surface area contributed by atoms with E-state index in [2.05, 4.69) is 20.1 Å². The zero-order valence-corrected chi connectivity index (χ0v) is 17.7. The SMILES string of the molecule is CCNC(=NCC(O)c1ccco1)N1CCN(c2ccccc2O)CC1.I. The Kier molecular flexibility index (Phi) is 8.23. The highest BCUT2D eigenvalue weighted by Crippen LogP contribution is 2.27. The second kappa shape index (κ2) is 10.4. The molecule has 148 valence electrons. The van der Waals surface area contributed by atoms with Crippen molar-refractivity contribution in [1.29, 1.82) is 0 Å². The summed E-state index contributed by atoms with van der Waals surface area (Å²) in [6.45, 7) is 6.20. The maximum absolute atomic E-state index is 10.2. The van der Waals surface area contributed by atoms with Gasteiger partial charge < -0.3 is 29.7 Å². The summed E-state index contributed by atoms with van der Waals surface area (Å²) in [5.74, 6) is 1.62. The van der Waals surface area contributed by atoms with Gasteiger partial charge in [-0.2, -0.15) is 0 Å². The first-order valence-corrected chi connectivity index (χ1v) is 8.96. The molecule has 1 aliphatic rings. The zero-order chi connectivity index (χ0) is 18.4. The lowest BCUT2D eigenvalue weighted by Crippen LogP contribution is -2.52. The summed E-state index contributed by atoms with van der Waals surface area (Å²) < 4.78 is 5.22. The van der Waals surface area contributed by atoms with E-state index in [0.29, 0.717) is 11.5 Å². The minimum atomic E-state index is -0.749. The summed E-state index contributed by atoms with van der Waals surface area (Å²) in [5, 5.41) is 23.5. The van der Waals surface area contributed by atoms with Crippen LogP contribution in [0.1, 0.15) is 18.8 Å². The molecule has 0 radical (unpaired) electrons. The van der Waals surface area contributed by atoms with Crippen LogP contribution in [0.15, 0.2) is 52.1 Å². The molecule has 0 bridgehead atoms. The Balaban J connectivity index is 0.00000261. The van der Waals surface area contributed by atoms with Crippen LogP contribution in [0.4, 0.5) is 5.69 Å². The Labute approximate surface area is 176 Å². The van der Waals surface area contributed by atoms with E-state index in [9.17, 15) is 10.2 Å². The minimum Gasteiger partial charge on any atom is -0.506 e. The quantitative estimate of drug-likeness (QED) is 0.342. The molecular weight excluding hydrogens is 459 g/mol. The Morgan fingerprint density at radius 3 is 2.56 bits per heavy atom. The monoisotopic (exact) mass is 486 g/mol. The number of aliphatic hydroxyl groups excluding tert-OH is 1. The molecule has 0 saturated carbocycles. The van der Waals surface area contributed by atoms with Crippen LogP contribution in [0, 0.1) is 0 Å². The zero-order valence-electron chi connectivity index (χ0n) is 15.4. The third-order valence-electron chi connectivity index (χ3n) is 4.42. The van der Waals surface area contributed by atoms with Gasteiger partial charge in [0, 0.05) is 32.7 Å². The summed E-state index contributed by atoms with van der Waals surface area (Å²) in [7, 11) is 0. The van der Waals surface area contributed by atoms with Gasteiger partial charge in [-0.25, -0.2) is 4.99 Å². The van der Waals surface area contributed by atoms with E-state index < -0.39 is 6.10 Å². The number of para-hydroxylation sites is 2. The molecule has 1 aromatic carbocycles. The highest BCUT2D eigenvalue weighted by Gasteiger charge is 2.21. The number of guanidine groups is 1. The van der Waals surface area contributed by atoms with Crippen molar-refractivity contribution in [2.45, 2.75) is 13.0 Å². The molecule has 2 heterocycles. The smallest absolute Gasteiger partial charge is 0.194 e. The number of piperazine rings is 1. The number of phenolic OH excluding ortho intramolecular Hbond substituents is 1. The fraction of sp³-hybridized carbons (Fsp3) is 0.421. The van der Waals surface area contributed by atoms with Gasteiger partial charge in [0.25, 0.3) is 0 Å². The average molecular weight is 486 g/mol. The minimum absolute atomic E-state index is 0. The second-order valence-electron chi connectivity index (χ2n) is 6.19. The summed E-state index contributed by atoms with van der Waals surface area (Å²) in [6, 6.07) is 10.9. The lowest BCUT2D eigenvalue weighted by molar-refractivity contribution is 0.158. The van der Waals surface area contributed by atoms with Crippen LogP contribution in [0.5, 0.6) is 5.75 Å². The maximum atomic E-state index is 10.2. The number of aliphatic hydroxyl groups is 1. The van der Waals surface area contributed by atoms with Crippen molar-refractivity contribution in [3.8, 4) is 5.75 Å². The fourth-order valence-electron chi connectivity index (χ4n) is 3.06. The van der Waals surface area contributed by atoms with Gasteiger partial charge in [0.2, 0.25) is 0 Å². The lowest BCUT2D eigenvalue weighted by Gasteiger charge is -2.38. The number of hydrogen-bond acceptors (Lipinski definition) is 5. The van der Waals surface area contributed by atoms with Crippen LogP contribution < -0.4 is 10.2 Å². The van der Waals surface area contributed by atoms with Gasteiger partial charge >= 0.3 is 0 Å². The summed E-state index contributed by atoms with van der Waals surface area (Å²) >= 11 is 0. The number of rotatable bonds is 5. The van der Waals surface area contributed by atoms with Gasteiger partial charge in [-0.3, -0.25) is 0 Å². The van der Waals surface area contributed by atoms with E-state index in [1.54, 1.807) is 24.5 Å². The Hall–Kier alpha value is -1.94. The molecule has 7 nitrogen and oxygen atoms in total. The van der Waals surface area contributed by atoms with Crippen molar-refractivity contribution in [2.75, 3.05) is 44.2 Å². The topological polar surface area (TPSA) is 84.5 Å². The van der Waals surface area contributed by atoms with Crippen molar-refractivity contribution in [1.82, 2.24) is 10.2 Å². The maximum Gasteiger partial charge on any atom is 0.194 e. The van der Waals surface area contributed by atoms with Crippen LogP contribution in [-0.4, -0.2) is 60.3 Å². The first kappa shape index (κ1) is 21.4. The molecule has 1 unspecified atom stereocenters. The lowest BCUT2D eigenvalue weighted by atomic mass is 10.2. The Morgan fingerprint density at radius 2 is 1.93 bits per heavy atom. The van der Waals surface area contributed by atoms with E-state index in [-0.39, 0.29) is 30.5 Å². The summed E-state index contributed by atoms with van der Waals surface area (Å²) in [4.78, 5) is 8.91. The van der Waals surface area contributed by atoms with E-state index in [4.69, 9.17) is 4.42 Å². The Morgan fingerprint density at radius 1 is 1.19 bits per heavy atom. The number of nitrogens with zero attached hydrogens (tertiary/aromatic N) is 3. The number of phenols is 1. The number of hydrogen-bond donors (Lipinski definition) is 3. The Bertz CT molecular complexity index is 716. The first-order valence-electron chi connectivity index (χ1n) is 8.96. The molecule has 1 aromatic heterocycles. The molecule has 3 rings (SSSR count). The molecule has 1 aliphatic heterocycles. The highest BCUT2D eigenvalue weighted by molar-refractivity contribution is 14.0. The largest absolute Gasteiger partial charge is 0.506 e. The number of nitrogens with one attached hydrogen (secondary N) is 1. The molecular formula is C19H27IN4O3. The number of furan rings is 1. The average Bonchev–Trinajstić information content (AvgIpc) is 3.20. The van der Waals surface area contributed by atoms with Gasteiger partial charge in [0.15, 0.2) is 5.96 Å². The molecule has 1 fully saturated rings. The first-order chi connectivity index (χ1) is 12.7. The molecule has 27 heavy (non-hydrogen) atoms. The highest BCUT2D eigenvalue weighted by atomic mass is 127. The standard InChI is InChI=1S/C19H26N4O3.HI/c1-2-20-19(21-14-17(25)18-8-5-13-26-18)23-11-9-22(10-12-23)15-6-3-4-7-16(15)24;/h3-8,13,17,24-25H,2,9-12,14H2,1H3,(H,20,21);1H. The predicted octanol–water partition coefficient (Wildman–Crippen LogP) is 2.42. The molecule has 3 N–H and O–H groups in total. The van der Waals surface area contributed by atoms with Crippen molar-refractivity contribution >= 4 is 35.6 Å². The van der Waals surface area contributed by atoms with Crippen molar-refractivity contribution in [2.24, 2.45) is 4.99 Å². The van der Waals surface area contributed by atoms with Crippen molar-refractivity contribution < 1.29 is 14.6 Å². The fourth-order valence-corrected chi connectivity index (χ4v) is 3.06. The van der Waals surface area contributed by atoms with Gasteiger partial charge in [-0.15, -0.1) is 24.0 Å². The number of aliphatic imine (C=N–C) groups is 1. The van der Waals surface area contributed by atoms with E-state index >= 15 is 0 Å². The third-order valence-corrected chi connectivity index (χ3v) is 4.42. The molecule has 0 spiro atoms. The summed E-state index contributed by atoms with van der Waals surface area (Å²) in [6.07, 6.45) is 0.798. The van der Waals surface area contributed by atoms with Crippen LogP contribution in [0.3, 0.4) is 0 Å². The molecule has 1 saturated heterocycles. The second-order valence-corrected chi connectivity index (χ2v) is 6.19. The molecule has 2 aromatic rings. The third kappa shape index (κ3) is 5.52. The molecule has 8 heteroatoms. The van der Waals surface area contributed by atoms with Gasteiger partial charge in [-0.05, 0) is 31.2 Å². The van der Waals surface area contributed by atoms with Crippen molar-refractivity contribution in [3.05, 3.63) is 48.4 Å². The molecule has 0 amide bonds. The van der Waals surface area contributed by atoms with E-state index in [1.165, 1.54) is 0 Å². The summed E-state index contributed by atoms with van der Waals surface area (Å²) in [5.41, 5.74) is 0.863. The van der Waals surface area contributed by atoms with Crippen LogP contribution in [0.2, 0.25) is 0 Å². The van der Waals surface area contributed by atoms with E-state index in [0.717, 1.165) is 44.4 Å². The molecule has 1 atom stereocenters. The molecule has 0 aliphatic carbocycles. The number of halogens is 1. The number of aromatic hydroxyl groups is 1. The van der Waals surface area contributed by atoms with Crippen LogP contribution in [0.25, 0.3) is 0 Å². The van der Waals surface area contributed by atoms with Crippen LogP contribution >= 0.6 is 24.0 Å². The predicted molar refractivity (Wildman–Crippen MR) is 117 cm³/mol. The van der Waals surface area contributed by atoms with Gasteiger partial charge in [0.05, 0.1) is 18.5 Å². The van der Waals surface area contributed by atoms with Gasteiger partial charge in [-0.1, -0.05) is 12.1 Å². The van der Waals surface area contributed by atoms with Gasteiger partial charge in [0.1, 0.15) is 17.6 Å². The number of anilines is 1. The number of benzene rings is 1. The van der Waals surface area contributed by atoms with Crippen LogP contribution in [-0.2, 0) is 0 Å². The van der Waals surface area contributed by atoms with Crippen molar-refractivity contribution in [3.63, 3.8) is 0 Å². The van der Waals surface area contributed by atoms with E-state index in [1.807, 2.05) is 25.1 Å². The normalized spacial score (nSPS) is 16.0.